The maximum Gasteiger partial charge on any atom is 0.522 e. The van der Waals surface area contributed by atoms with Crippen molar-refractivity contribution in [3.05, 3.63) is 34.9 Å². The van der Waals surface area contributed by atoms with Crippen LogP contribution in [-0.2, 0) is 23.9 Å². The molecule has 38 heavy (non-hydrogen) atoms. The highest BCUT2D eigenvalue weighted by atomic mass is 35.5. The molecule has 2 saturated heterocycles. The molecule has 2 aliphatic heterocycles. The molecule has 3 aliphatic rings. The molecule has 1 unspecified atom stereocenters. The third-order valence-corrected chi connectivity index (χ3v) is 7.99. The zero-order chi connectivity index (χ0) is 27.6. The molecule has 208 valence electrons. The van der Waals surface area contributed by atoms with E-state index in [0.29, 0.717) is 19.4 Å². The fraction of sp³-hybridized carbons (Fsp3) is 0.600. The van der Waals surface area contributed by atoms with Crippen molar-refractivity contribution < 1.29 is 42.2 Å². The standard InChI is InChI=1S/C25H29ClF3N3O6/c26-17-7-2-1-5-16(17)21(34)24(37)32-11-14-4-3-6-15(14)20(32)23(36)31-18(10-13-8-9-30-22(13)35)19(33)12-38-25(27,28)29/h1-2,5,7,13-15,18,20-21,34H,3-4,6,8-12H2,(H,30,35)(H,31,36)/t13-,14-,15-,18-,20-,21?/m0/s1. The molecule has 0 bridgehead atoms. The molecule has 0 radical (unpaired) electrons. The Kier molecular flexibility index (Phi) is 8.63. The van der Waals surface area contributed by atoms with Gasteiger partial charge in [-0.15, -0.1) is 13.2 Å². The Hall–Kier alpha value is -2.70. The van der Waals surface area contributed by atoms with Crippen molar-refractivity contribution in [2.45, 2.75) is 56.7 Å². The Morgan fingerprint density at radius 3 is 2.61 bits per heavy atom. The number of nitrogens with one attached hydrogen (secondary N) is 2. The second-order valence-corrected chi connectivity index (χ2v) is 10.4. The van der Waals surface area contributed by atoms with E-state index in [4.69, 9.17) is 11.6 Å². The number of Topliss-reactive ketones (excluding diaryl/α,β-unsaturated/α-hetero) is 1. The number of aliphatic hydroxyl groups is 1. The van der Waals surface area contributed by atoms with Gasteiger partial charge in [0.15, 0.2) is 11.9 Å². The van der Waals surface area contributed by atoms with Gasteiger partial charge in [-0.2, -0.15) is 0 Å². The molecular formula is C25H29ClF3N3O6. The van der Waals surface area contributed by atoms with Gasteiger partial charge in [0, 0.05) is 29.6 Å². The van der Waals surface area contributed by atoms with Crippen molar-refractivity contribution in [3.63, 3.8) is 0 Å². The number of benzene rings is 1. The summed E-state index contributed by atoms with van der Waals surface area (Å²) in [6.07, 6.45) is -4.28. The van der Waals surface area contributed by atoms with Crippen LogP contribution >= 0.6 is 11.6 Å². The number of hydrogen-bond acceptors (Lipinski definition) is 6. The van der Waals surface area contributed by atoms with Gasteiger partial charge in [0.2, 0.25) is 11.8 Å². The average Bonchev–Trinajstić information content (AvgIpc) is 3.57. The Morgan fingerprint density at radius 1 is 1.21 bits per heavy atom. The molecule has 9 nitrogen and oxygen atoms in total. The van der Waals surface area contributed by atoms with Gasteiger partial charge >= 0.3 is 6.36 Å². The number of likely N-dealkylation sites (tertiary alicyclic amines) is 1. The third-order valence-electron chi connectivity index (χ3n) is 7.64. The third kappa shape index (κ3) is 6.29. The van der Waals surface area contributed by atoms with E-state index in [0.717, 1.165) is 12.8 Å². The monoisotopic (exact) mass is 559 g/mol. The van der Waals surface area contributed by atoms with Crippen molar-refractivity contribution in [2.24, 2.45) is 17.8 Å². The van der Waals surface area contributed by atoms with Crippen LogP contribution in [0.25, 0.3) is 0 Å². The predicted octanol–water partition coefficient (Wildman–Crippen LogP) is 2.12. The summed E-state index contributed by atoms with van der Waals surface area (Å²) >= 11 is 6.15. The number of halogens is 4. The summed E-state index contributed by atoms with van der Waals surface area (Å²) in [6.45, 7) is -0.761. The number of nitrogens with zero attached hydrogens (tertiary/aromatic N) is 1. The quantitative estimate of drug-likeness (QED) is 0.426. The van der Waals surface area contributed by atoms with Gasteiger partial charge in [-0.3, -0.25) is 23.9 Å². The Bertz CT molecular complexity index is 1090. The summed E-state index contributed by atoms with van der Waals surface area (Å²) in [5.74, 6) is -3.76. The van der Waals surface area contributed by atoms with E-state index in [2.05, 4.69) is 15.4 Å². The summed E-state index contributed by atoms with van der Waals surface area (Å²) in [5.41, 5.74) is 0.181. The molecule has 3 amide bonds. The maximum absolute atomic E-state index is 13.6. The van der Waals surface area contributed by atoms with Crippen molar-refractivity contribution in [2.75, 3.05) is 19.7 Å². The molecule has 0 aromatic heterocycles. The minimum absolute atomic E-state index is 0.00327. The van der Waals surface area contributed by atoms with E-state index < -0.39 is 54.7 Å². The van der Waals surface area contributed by atoms with Gasteiger partial charge in [-0.1, -0.05) is 36.2 Å². The van der Waals surface area contributed by atoms with Crippen LogP contribution in [-0.4, -0.2) is 71.7 Å². The smallest absolute Gasteiger partial charge is 0.378 e. The first-order valence-corrected chi connectivity index (χ1v) is 12.9. The predicted molar refractivity (Wildman–Crippen MR) is 127 cm³/mol. The number of ketones is 1. The molecule has 4 rings (SSSR count). The van der Waals surface area contributed by atoms with E-state index >= 15 is 0 Å². The van der Waals surface area contributed by atoms with Crippen molar-refractivity contribution in [3.8, 4) is 0 Å². The molecule has 1 aromatic rings. The largest absolute Gasteiger partial charge is 0.522 e. The number of ether oxygens (including phenoxy) is 1. The normalized spacial score (nSPS) is 26.6. The number of aliphatic hydroxyl groups excluding tert-OH is 1. The van der Waals surface area contributed by atoms with Gasteiger partial charge in [-0.05, 0) is 43.6 Å². The molecule has 0 spiro atoms. The van der Waals surface area contributed by atoms with Gasteiger partial charge in [-0.25, -0.2) is 0 Å². The topological polar surface area (TPSA) is 125 Å². The Morgan fingerprint density at radius 2 is 1.95 bits per heavy atom. The highest BCUT2D eigenvalue weighted by molar-refractivity contribution is 6.31. The van der Waals surface area contributed by atoms with E-state index in [1.54, 1.807) is 12.1 Å². The van der Waals surface area contributed by atoms with Gasteiger partial charge < -0.3 is 20.6 Å². The second kappa shape index (κ2) is 11.6. The number of alkyl halides is 3. The summed E-state index contributed by atoms with van der Waals surface area (Å²) in [5, 5.41) is 16.1. The van der Waals surface area contributed by atoms with Gasteiger partial charge in [0.25, 0.3) is 5.91 Å². The van der Waals surface area contributed by atoms with Crippen LogP contribution in [0.1, 0.15) is 43.8 Å². The zero-order valence-electron chi connectivity index (χ0n) is 20.4. The fourth-order valence-electron chi connectivity index (χ4n) is 5.79. The number of carbonyl (C=O) groups is 4. The van der Waals surface area contributed by atoms with Crippen LogP contribution in [0.2, 0.25) is 5.02 Å². The number of hydrogen-bond donors (Lipinski definition) is 3. The molecule has 1 aliphatic carbocycles. The summed E-state index contributed by atoms with van der Waals surface area (Å²) in [7, 11) is 0. The molecule has 6 atom stereocenters. The maximum atomic E-state index is 13.6. The summed E-state index contributed by atoms with van der Waals surface area (Å²) in [6, 6.07) is 3.81. The van der Waals surface area contributed by atoms with Crippen molar-refractivity contribution in [1.82, 2.24) is 15.5 Å². The Balaban J connectivity index is 1.54. The lowest BCUT2D eigenvalue weighted by Crippen LogP contribution is -2.54. The lowest BCUT2D eigenvalue weighted by atomic mass is 9.92. The second-order valence-electron chi connectivity index (χ2n) is 9.99. The highest BCUT2D eigenvalue weighted by Gasteiger charge is 2.51. The first-order valence-electron chi connectivity index (χ1n) is 12.5. The molecule has 1 aromatic carbocycles. The van der Waals surface area contributed by atoms with E-state index in [1.165, 1.54) is 17.0 Å². The lowest BCUT2D eigenvalue weighted by molar-refractivity contribution is -0.321. The molecule has 1 saturated carbocycles. The van der Waals surface area contributed by atoms with E-state index in [1.807, 2.05) is 0 Å². The van der Waals surface area contributed by atoms with Gasteiger partial charge in [0.05, 0.1) is 6.04 Å². The molecule has 2 heterocycles. The first kappa shape index (κ1) is 28.3. The molecular weight excluding hydrogens is 531 g/mol. The van der Waals surface area contributed by atoms with E-state index in [-0.39, 0.29) is 41.3 Å². The SMILES string of the molecule is O=C1NCC[C@H]1C[C@H](NC(=O)[C@@H]1[C@H]2CCC[C@H]2CN1C(=O)C(O)c1ccccc1Cl)C(=O)COC(F)(F)F. The number of fused-ring (bicyclic) bond motifs is 1. The Labute approximate surface area is 222 Å². The fourth-order valence-corrected chi connectivity index (χ4v) is 6.03. The zero-order valence-corrected chi connectivity index (χ0v) is 21.1. The van der Waals surface area contributed by atoms with E-state index in [9.17, 15) is 37.5 Å². The number of carbonyl (C=O) groups excluding carboxylic acids is 4. The number of amides is 3. The minimum atomic E-state index is -5.05. The number of rotatable bonds is 9. The minimum Gasteiger partial charge on any atom is -0.378 e. The van der Waals surface area contributed by atoms with Crippen LogP contribution in [0.3, 0.4) is 0 Å². The average molecular weight is 560 g/mol. The van der Waals surface area contributed by atoms with Crippen LogP contribution in [0, 0.1) is 17.8 Å². The van der Waals surface area contributed by atoms with Crippen molar-refractivity contribution >= 4 is 35.1 Å². The molecule has 13 heteroatoms. The molecule has 3 N–H and O–H groups in total. The van der Waals surface area contributed by atoms with Crippen LogP contribution in [0.4, 0.5) is 13.2 Å². The van der Waals surface area contributed by atoms with Crippen LogP contribution in [0.5, 0.6) is 0 Å². The van der Waals surface area contributed by atoms with Crippen LogP contribution < -0.4 is 10.6 Å². The van der Waals surface area contributed by atoms with Crippen LogP contribution in [0.15, 0.2) is 24.3 Å². The van der Waals surface area contributed by atoms with Gasteiger partial charge in [0.1, 0.15) is 12.6 Å². The summed E-state index contributed by atoms with van der Waals surface area (Å²) in [4.78, 5) is 53.0. The lowest BCUT2D eigenvalue weighted by Gasteiger charge is -2.31. The highest BCUT2D eigenvalue weighted by Crippen LogP contribution is 2.43. The van der Waals surface area contributed by atoms with Crippen molar-refractivity contribution in [1.29, 1.82) is 0 Å². The summed E-state index contributed by atoms with van der Waals surface area (Å²) < 4.78 is 41.4. The molecule has 3 fully saturated rings. The first-order chi connectivity index (χ1) is 18.0.